The fourth-order valence-corrected chi connectivity index (χ4v) is 2.29. The molecule has 1 saturated carbocycles. The Morgan fingerprint density at radius 2 is 2.00 bits per heavy atom. The van der Waals surface area contributed by atoms with Crippen LogP contribution in [-0.2, 0) is 0 Å². The molecular weight excluding hydrogens is 184 g/mol. The minimum Gasteiger partial charge on any atom is -0.389 e. The Morgan fingerprint density at radius 1 is 1.40 bits per heavy atom. The molecule has 1 heteroatoms. The average molecular weight is 202 g/mol. The fraction of sp³-hybridized carbons (Fsp3) is 0.429. The van der Waals surface area contributed by atoms with Gasteiger partial charge in [0.05, 0.1) is 5.60 Å². The summed E-state index contributed by atoms with van der Waals surface area (Å²) >= 11 is 0. The average Bonchev–Trinajstić information content (AvgIpc) is 3.03. The van der Waals surface area contributed by atoms with E-state index in [4.69, 9.17) is 0 Å². The highest BCUT2D eigenvalue weighted by molar-refractivity contribution is 5.28. The maximum Gasteiger partial charge on any atom is 0.0750 e. The van der Waals surface area contributed by atoms with Gasteiger partial charge in [0, 0.05) is 5.92 Å². The third-order valence-corrected chi connectivity index (χ3v) is 3.43. The summed E-state index contributed by atoms with van der Waals surface area (Å²) in [6.07, 6.45) is 4.15. The molecule has 1 aromatic carbocycles. The van der Waals surface area contributed by atoms with E-state index in [1.165, 1.54) is 0 Å². The lowest BCUT2D eigenvalue weighted by Gasteiger charge is -2.31. The van der Waals surface area contributed by atoms with Crippen LogP contribution in [0.3, 0.4) is 0 Å². The Kier molecular flexibility index (Phi) is 2.66. The molecule has 1 nitrogen and oxygen atoms in total. The standard InChI is InChI=1S/C14H18O/c1-3-13(11-7-5-4-6-8-11)14(2,15)12-9-10-12/h3-8,12-13,15H,1,9-10H2,2H3/t13-,14+/m1/s1. The second-order valence-electron chi connectivity index (χ2n) is 4.62. The molecule has 0 saturated heterocycles. The van der Waals surface area contributed by atoms with Gasteiger partial charge in [-0.2, -0.15) is 0 Å². The minimum atomic E-state index is -0.636. The van der Waals surface area contributed by atoms with Crippen LogP contribution in [0.25, 0.3) is 0 Å². The van der Waals surface area contributed by atoms with E-state index in [0.29, 0.717) is 5.92 Å². The van der Waals surface area contributed by atoms with E-state index in [2.05, 4.69) is 18.7 Å². The maximum absolute atomic E-state index is 10.5. The molecule has 0 unspecified atom stereocenters. The lowest BCUT2D eigenvalue weighted by molar-refractivity contribution is 0.0224. The molecule has 0 radical (unpaired) electrons. The van der Waals surface area contributed by atoms with Crippen molar-refractivity contribution in [3.05, 3.63) is 48.6 Å². The first-order valence-electron chi connectivity index (χ1n) is 5.56. The molecule has 0 amide bonds. The van der Waals surface area contributed by atoms with Crippen LogP contribution in [0.4, 0.5) is 0 Å². The van der Waals surface area contributed by atoms with Gasteiger partial charge in [-0.15, -0.1) is 6.58 Å². The lowest BCUT2D eigenvalue weighted by Crippen LogP contribution is -2.34. The molecule has 0 spiro atoms. The van der Waals surface area contributed by atoms with Crippen molar-refractivity contribution in [2.45, 2.75) is 31.3 Å². The second kappa shape index (κ2) is 3.82. The van der Waals surface area contributed by atoms with Crippen LogP contribution in [0.5, 0.6) is 0 Å². The quantitative estimate of drug-likeness (QED) is 0.744. The molecule has 1 aromatic rings. The van der Waals surface area contributed by atoms with Crippen LogP contribution in [0.2, 0.25) is 0 Å². The lowest BCUT2D eigenvalue weighted by atomic mass is 9.80. The Morgan fingerprint density at radius 3 is 2.47 bits per heavy atom. The van der Waals surface area contributed by atoms with Crippen molar-refractivity contribution >= 4 is 0 Å². The summed E-state index contributed by atoms with van der Waals surface area (Å²) in [4.78, 5) is 0. The molecule has 2 atom stereocenters. The van der Waals surface area contributed by atoms with Gasteiger partial charge in [0.15, 0.2) is 0 Å². The zero-order chi connectivity index (χ0) is 10.9. The van der Waals surface area contributed by atoms with Crippen molar-refractivity contribution in [2.24, 2.45) is 5.92 Å². The molecule has 15 heavy (non-hydrogen) atoms. The van der Waals surface area contributed by atoms with Gasteiger partial charge in [-0.05, 0) is 31.2 Å². The second-order valence-corrected chi connectivity index (χ2v) is 4.62. The summed E-state index contributed by atoms with van der Waals surface area (Å²) in [7, 11) is 0. The monoisotopic (exact) mass is 202 g/mol. The van der Waals surface area contributed by atoms with Crippen LogP contribution in [0.15, 0.2) is 43.0 Å². The minimum absolute atomic E-state index is 0.0474. The van der Waals surface area contributed by atoms with Crippen molar-refractivity contribution in [3.63, 3.8) is 0 Å². The molecule has 1 aliphatic rings. The molecule has 2 rings (SSSR count). The fourth-order valence-electron chi connectivity index (χ4n) is 2.29. The predicted octanol–water partition coefficient (Wildman–Crippen LogP) is 3.12. The van der Waals surface area contributed by atoms with E-state index < -0.39 is 5.60 Å². The van der Waals surface area contributed by atoms with E-state index >= 15 is 0 Å². The van der Waals surface area contributed by atoms with Gasteiger partial charge >= 0.3 is 0 Å². The summed E-state index contributed by atoms with van der Waals surface area (Å²) in [5, 5.41) is 10.5. The van der Waals surface area contributed by atoms with Crippen molar-refractivity contribution in [3.8, 4) is 0 Å². The number of benzene rings is 1. The van der Waals surface area contributed by atoms with Crippen LogP contribution >= 0.6 is 0 Å². The third kappa shape index (κ3) is 1.98. The summed E-state index contributed by atoms with van der Waals surface area (Å²) in [5.74, 6) is 0.493. The van der Waals surface area contributed by atoms with Crippen molar-refractivity contribution in [1.82, 2.24) is 0 Å². The van der Waals surface area contributed by atoms with Gasteiger partial charge in [-0.25, -0.2) is 0 Å². The van der Waals surface area contributed by atoms with Gasteiger partial charge in [0.1, 0.15) is 0 Å². The van der Waals surface area contributed by atoms with Crippen LogP contribution in [-0.4, -0.2) is 10.7 Å². The molecule has 0 aliphatic heterocycles. The SMILES string of the molecule is C=C[C@H](c1ccccc1)[C@@](C)(O)C1CC1. The summed E-state index contributed by atoms with van der Waals surface area (Å²) in [6, 6.07) is 10.1. The van der Waals surface area contributed by atoms with Crippen LogP contribution in [0.1, 0.15) is 31.2 Å². The van der Waals surface area contributed by atoms with E-state index in [1.807, 2.05) is 31.2 Å². The van der Waals surface area contributed by atoms with Crippen LogP contribution < -0.4 is 0 Å². The van der Waals surface area contributed by atoms with E-state index in [0.717, 1.165) is 18.4 Å². The van der Waals surface area contributed by atoms with E-state index in [-0.39, 0.29) is 5.92 Å². The Balaban J connectivity index is 2.27. The molecule has 80 valence electrons. The number of aliphatic hydroxyl groups is 1. The van der Waals surface area contributed by atoms with E-state index in [9.17, 15) is 5.11 Å². The molecular formula is C14H18O. The third-order valence-electron chi connectivity index (χ3n) is 3.43. The Bertz CT molecular complexity index is 336. The van der Waals surface area contributed by atoms with Crippen LogP contribution in [0, 0.1) is 5.92 Å². The van der Waals surface area contributed by atoms with Crippen molar-refractivity contribution in [1.29, 1.82) is 0 Å². The zero-order valence-corrected chi connectivity index (χ0v) is 9.19. The number of hydrogen-bond acceptors (Lipinski definition) is 1. The maximum atomic E-state index is 10.5. The Labute approximate surface area is 91.4 Å². The number of hydrogen-bond donors (Lipinski definition) is 1. The topological polar surface area (TPSA) is 20.2 Å². The van der Waals surface area contributed by atoms with Crippen molar-refractivity contribution < 1.29 is 5.11 Å². The van der Waals surface area contributed by atoms with Gasteiger partial charge < -0.3 is 5.11 Å². The first kappa shape index (κ1) is 10.4. The summed E-state index contributed by atoms with van der Waals surface area (Å²) in [6.45, 7) is 5.79. The molecule has 0 aromatic heterocycles. The highest BCUT2D eigenvalue weighted by Gasteiger charge is 2.44. The predicted molar refractivity (Wildman–Crippen MR) is 62.7 cm³/mol. The van der Waals surface area contributed by atoms with Gasteiger partial charge in [0.25, 0.3) is 0 Å². The number of rotatable bonds is 4. The highest BCUT2D eigenvalue weighted by Crippen LogP contribution is 2.47. The highest BCUT2D eigenvalue weighted by atomic mass is 16.3. The first-order valence-corrected chi connectivity index (χ1v) is 5.56. The molecule has 1 fully saturated rings. The van der Waals surface area contributed by atoms with Gasteiger partial charge in [0.2, 0.25) is 0 Å². The molecule has 0 bridgehead atoms. The Hall–Kier alpha value is -1.08. The molecule has 1 aliphatic carbocycles. The van der Waals surface area contributed by atoms with Gasteiger partial charge in [-0.1, -0.05) is 36.4 Å². The van der Waals surface area contributed by atoms with Gasteiger partial charge in [-0.3, -0.25) is 0 Å². The normalized spacial score (nSPS) is 21.7. The summed E-state index contributed by atoms with van der Waals surface area (Å²) < 4.78 is 0. The smallest absolute Gasteiger partial charge is 0.0750 e. The molecule has 0 heterocycles. The first-order chi connectivity index (χ1) is 7.16. The summed E-state index contributed by atoms with van der Waals surface area (Å²) in [5.41, 5.74) is 0.521. The zero-order valence-electron chi connectivity index (χ0n) is 9.19. The van der Waals surface area contributed by atoms with E-state index in [1.54, 1.807) is 0 Å². The largest absolute Gasteiger partial charge is 0.389 e. The molecule has 1 N–H and O–H groups in total. The van der Waals surface area contributed by atoms with Crippen molar-refractivity contribution in [2.75, 3.05) is 0 Å².